The molecule has 1 aliphatic rings. The Balaban J connectivity index is 1.65. The molecule has 1 aliphatic heterocycles. The molecule has 0 bridgehead atoms. The number of ether oxygens (including phenoxy) is 1. The number of methoxy groups -OCH3 is 1. The highest BCUT2D eigenvalue weighted by Crippen LogP contribution is 2.21. The molecule has 0 aliphatic carbocycles. The molecule has 7 nitrogen and oxygen atoms in total. The van der Waals surface area contributed by atoms with E-state index in [2.05, 4.69) is 10.3 Å². The summed E-state index contributed by atoms with van der Waals surface area (Å²) in [6, 6.07) is 9.93. The second kappa shape index (κ2) is 8.49. The van der Waals surface area contributed by atoms with Crippen LogP contribution in [0.15, 0.2) is 47.5 Å². The molecule has 3 rings (SSSR count). The molecular formula is C19H23N3O4S. The fraction of sp³-hybridized carbons (Fsp3) is 0.368. The molecule has 1 aromatic carbocycles. The van der Waals surface area contributed by atoms with E-state index in [0.717, 1.165) is 24.8 Å². The number of aromatic nitrogens is 1. The summed E-state index contributed by atoms with van der Waals surface area (Å²) in [5, 5.41) is 2.79. The van der Waals surface area contributed by atoms with Crippen LogP contribution >= 0.6 is 0 Å². The van der Waals surface area contributed by atoms with Crippen LogP contribution in [-0.2, 0) is 16.6 Å². The number of pyridine rings is 1. The predicted molar refractivity (Wildman–Crippen MR) is 101 cm³/mol. The van der Waals surface area contributed by atoms with Crippen LogP contribution in [0.4, 0.5) is 0 Å². The topological polar surface area (TPSA) is 88.6 Å². The van der Waals surface area contributed by atoms with E-state index < -0.39 is 10.0 Å². The van der Waals surface area contributed by atoms with Gasteiger partial charge in [-0.05, 0) is 42.7 Å². The maximum Gasteiger partial charge on any atom is 0.257 e. The third-order valence-corrected chi connectivity index (χ3v) is 6.45. The molecule has 144 valence electrons. The molecule has 2 heterocycles. The number of carbonyl (C=O) groups excluding carboxylic acids is 1. The first-order valence-corrected chi connectivity index (χ1v) is 10.3. The van der Waals surface area contributed by atoms with Crippen molar-refractivity contribution < 1.29 is 17.9 Å². The van der Waals surface area contributed by atoms with Crippen LogP contribution < -0.4 is 10.1 Å². The lowest BCUT2D eigenvalue weighted by molar-refractivity contribution is 0.0947. The van der Waals surface area contributed by atoms with Gasteiger partial charge in [0.2, 0.25) is 15.9 Å². The van der Waals surface area contributed by atoms with Gasteiger partial charge in [-0.3, -0.25) is 4.79 Å². The number of nitrogens with zero attached hydrogens (tertiary/aromatic N) is 2. The third-order valence-electron chi connectivity index (χ3n) is 4.54. The Morgan fingerprint density at radius 2 is 1.85 bits per heavy atom. The number of hydrogen-bond donors (Lipinski definition) is 1. The van der Waals surface area contributed by atoms with Crippen molar-refractivity contribution >= 4 is 15.9 Å². The molecule has 1 N–H and O–H groups in total. The van der Waals surface area contributed by atoms with Gasteiger partial charge in [0, 0.05) is 25.8 Å². The third kappa shape index (κ3) is 4.45. The fourth-order valence-corrected chi connectivity index (χ4v) is 4.55. The molecule has 1 amide bonds. The van der Waals surface area contributed by atoms with Crippen LogP contribution in [0, 0.1) is 0 Å². The minimum absolute atomic E-state index is 0.262. The minimum Gasteiger partial charge on any atom is -0.480 e. The summed E-state index contributed by atoms with van der Waals surface area (Å²) in [6.45, 7) is 1.43. The highest BCUT2D eigenvalue weighted by Gasteiger charge is 2.25. The Morgan fingerprint density at radius 1 is 1.15 bits per heavy atom. The second-order valence-electron chi connectivity index (χ2n) is 6.35. The zero-order valence-corrected chi connectivity index (χ0v) is 16.0. The lowest BCUT2D eigenvalue weighted by atomic mass is 10.2. The molecule has 0 radical (unpaired) electrons. The maximum atomic E-state index is 12.7. The van der Waals surface area contributed by atoms with Gasteiger partial charge in [0.1, 0.15) is 5.56 Å². The lowest BCUT2D eigenvalue weighted by Crippen LogP contribution is -2.35. The van der Waals surface area contributed by atoms with E-state index in [-0.39, 0.29) is 23.2 Å². The molecule has 8 heteroatoms. The van der Waals surface area contributed by atoms with E-state index in [0.29, 0.717) is 18.7 Å². The van der Waals surface area contributed by atoms with Gasteiger partial charge in [0.25, 0.3) is 5.91 Å². The highest BCUT2D eigenvalue weighted by atomic mass is 32.2. The van der Waals surface area contributed by atoms with Crippen LogP contribution in [-0.4, -0.2) is 43.8 Å². The van der Waals surface area contributed by atoms with Crippen LogP contribution in [0.3, 0.4) is 0 Å². The fourth-order valence-electron chi connectivity index (χ4n) is 3.04. The lowest BCUT2D eigenvalue weighted by Gasteiger charge is -2.25. The van der Waals surface area contributed by atoms with Crippen molar-refractivity contribution in [2.75, 3.05) is 20.2 Å². The van der Waals surface area contributed by atoms with E-state index in [1.807, 2.05) is 0 Å². The number of nitrogens with one attached hydrogen (secondary N) is 1. The average molecular weight is 389 g/mol. The van der Waals surface area contributed by atoms with Crippen molar-refractivity contribution in [3.05, 3.63) is 53.7 Å². The van der Waals surface area contributed by atoms with Crippen molar-refractivity contribution in [1.82, 2.24) is 14.6 Å². The van der Waals surface area contributed by atoms with Gasteiger partial charge in [-0.1, -0.05) is 18.6 Å². The first kappa shape index (κ1) is 19.3. The van der Waals surface area contributed by atoms with E-state index in [9.17, 15) is 13.2 Å². The monoisotopic (exact) mass is 389 g/mol. The SMILES string of the molecule is COc1ncccc1C(=O)NCc1ccc(S(=O)(=O)N2CCCCC2)cc1. The smallest absolute Gasteiger partial charge is 0.257 e. The Bertz CT molecular complexity index is 891. The quantitative estimate of drug-likeness (QED) is 0.818. The molecular weight excluding hydrogens is 366 g/mol. The van der Waals surface area contributed by atoms with Crippen molar-refractivity contribution in [3.8, 4) is 5.88 Å². The van der Waals surface area contributed by atoms with Crippen molar-refractivity contribution in [3.63, 3.8) is 0 Å². The number of amides is 1. The van der Waals surface area contributed by atoms with Crippen LogP contribution in [0.5, 0.6) is 5.88 Å². The van der Waals surface area contributed by atoms with Gasteiger partial charge in [-0.25, -0.2) is 13.4 Å². The zero-order chi connectivity index (χ0) is 19.3. The number of benzene rings is 1. The van der Waals surface area contributed by atoms with Crippen LogP contribution in [0.25, 0.3) is 0 Å². The van der Waals surface area contributed by atoms with Gasteiger partial charge < -0.3 is 10.1 Å². The van der Waals surface area contributed by atoms with Gasteiger partial charge in [0.15, 0.2) is 0 Å². The van der Waals surface area contributed by atoms with Crippen LogP contribution in [0.1, 0.15) is 35.2 Å². The molecule has 27 heavy (non-hydrogen) atoms. The summed E-state index contributed by atoms with van der Waals surface area (Å²) >= 11 is 0. The standard InChI is InChI=1S/C19H23N3O4S/c1-26-19-17(6-5-11-20-19)18(23)21-14-15-7-9-16(10-8-15)27(24,25)22-12-3-2-4-13-22/h5-11H,2-4,12-14H2,1H3,(H,21,23). The number of hydrogen-bond acceptors (Lipinski definition) is 5. The summed E-state index contributed by atoms with van der Waals surface area (Å²) in [4.78, 5) is 16.6. The highest BCUT2D eigenvalue weighted by molar-refractivity contribution is 7.89. The average Bonchev–Trinajstić information content (AvgIpc) is 2.73. The summed E-state index contributed by atoms with van der Waals surface area (Å²) in [7, 11) is -1.98. The molecule has 1 aromatic heterocycles. The summed E-state index contributed by atoms with van der Waals surface area (Å²) in [6.07, 6.45) is 4.44. The van der Waals surface area contributed by atoms with Crippen LogP contribution in [0.2, 0.25) is 0 Å². The van der Waals surface area contributed by atoms with Crippen molar-refractivity contribution in [2.45, 2.75) is 30.7 Å². The minimum atomic E-state index is -3.44. The van der Waals surface area contributed by atoms with Crippen molar-refractivity contribution in [2.24, 2.45) is 0 Å². The Hall–Kier alpha value is -2.45. The van der Waals surface area contributed by atoms with Crippen molar-refractivity contribution in [1.29, 1.82) is 0 Å². The molecule has 1 fully saturated rings. The zero-order valence-electron chi connectivity index (χ0n) is 15.2. The number of carbonyl (C=O) groups is 1. The van der Waals surface area contributed by atoms with Gasteiger partial charge in [-0.2, -0.15) is 4.31 Å². The normalized spacial score (nSPS) is 15.3. The van der Waals surface area contributed by atoms with E-state index >= 15 is 0 Å². The first-order valence-electron chi connectivity index (χ1n) is 8.88. The maximum absolute atomic E-state index is 12.7. The Morgan fingerprint density at radius 3 is 2.52 bits per heavy atom. The molecule has 1 saturated heterocycles. The number of piperidine rings is 1. The molecule has 2 aromatic rings. The van der Waals surface area contributed by atoms with E-state index in [4.69, 9.17) is 4.74 Å². The Labute approximate surface area is 159 Å². The second-order valence-corrected chi connectivity index (χ2v) is 8.29. The van der Waals surface area contributed by atoms with Gasteiger partial charge in [0.05, 0.1) is 12.0 Å². The van der Waals surface area contributed by atoms with E-state index in [1.54, 1.807) is 46.9 Å². The molecule has 0 atom stereocenters. The summed E-state index contributed by atoms with van der Waals surface area (Å²) in [5.41, 5.74) is 1.16. The first-order chi connectivity index (χ1) is 13.0. The molecule has 0 unspecified atom stereocenters. The van der Waals surface area contributed by atoms with Gasteiger partial charge >= 0.3 is 0 Å². The summed E-state index contributed by atoms with van der Waals surface area (Å²) < 4.78 is 31.9. The number of rotatable bonds is 6. The number of sulfonamides is 1. The summed E-state index contributed by atoms with van der Waals surface area (Å²) in [5.74, 6) is -0.0389. The molecule has 0 spiro atoms. The predicted octanol–water partition coefficient (Wildman–Crippen LogP) is 2.19. The molecule has 0 saturated carbocycles. The Kier molecular flexibility index (Phi) is 6.08. The van der Waals surface area contributed by atoms with Gasteiger partial charge in [-0.15, -0.1) is 0 Å². The van der Waals surface area contributed by atoms with E-state index in [1.165, 1.54) is 7.11 Å². The largest absolute Gasteiger partial charge is 0.480 e.